The Hall–Kier alpha value is -1.09. The van der Waals surface area contributed by atoms with Gasteiger partial charge in [-0.25, -0.2) is 0 Å². The molecule has 90 valence electrons. The topological polar surface area (TPSA) is 28.2 Å². The first-order chi connectivity index (χ1) is 7.81. The molecule has 0 saturated carbocycles. The smallest absolute Gasteiger partial charge is 0.0553 e. The van der Waals surface area contributed by atoms with Crippen LogP contribution < -0.4 is 10.2 Å². The van der Waals surface area contributed by atoms with Gasteiger partial charge in [-0.2, -0.15) is 0 Å². The number of aromatic nitrogens is 1. The fourth-order valence-electron chi connectivity index (χ4n) is 1.72. The van der Waals surface area contributed by atoms with Crippen LogP contribution in [0, 0.1) is 0 Å². The maximum absolute atomic E-state index is 4.48. The molecule has 0 aliphatic rings. The third-order valence-electron chi connectivity index (χ3n) is 2.69. The molecule has 0 radical (unpaired) electrons. The first-order valence-corrected chi connectivity index (χ1v) is 6.16. The number of nitrogens with zero attached hydrogens (tertiary/aromatic N) is 2. The zero-order valence-electron chi connectivity index (χ0n) is 10.7. The lowest BCUT2D eigenvalue weighted by Gasteiger charge is -2.22. The maximum atomic E-state index is 4.48. The van der Waals surface area contributed by atoms with E-state index in [0.717, 1.165) is 32.5 Å². The van der Waals surface area contributed by atoms with Gasteiger partial charge >= 0.3 is 0 Å². The van der Waals surface area contributed by atoms with Gasteiger partial charge in [-0.05, 0) is 32.5 Å². The van der Waals surface area contributed by atoms with Crippen LogP contribution >= 0.6 is 0 Å². The zero-order chi connectivity index (χ0) is 11.8. The van der Waals surface area contributed by atoms with Gasteiger partial charge in [0.05, 0.1) is 11.9 Å². The van der Waals surface area contributed by atoms with Gasteiger partial charge in [0, 0.05) is 25.3 Å². The summed E-state index contributed by atoms with van der Waals surface area (Å²) >= 11 is 0. The Morgan fingerprint density at radius 1 is 1.31 bits per heavy atom. The van der Waals surface area contributed by atoms with Crippen LogP contribution in [-0.2, 0) is 6.42 Å². The number of hydrogen-bond acceptors (Lipinski definition) is 3. The molecule has 1 aromatic rings. The van der Waals surface area contributed by atoms with E-state index in [0.29, 0.717) is 0 Å². The van der Waals surface area contributed by atoms with Gasteiger partial charge in [0.25, 0.3) is 0 Å². The Morgan fingerprint density at radius 2 is 2.12 bits per heavy atom. The van der Waals surface area contributed by atoms with Crippen LogP contribution in [0.15, 0.2) is 18.3 Å². The number of likely N-dealkylation sites (N-methyl/N-ethyl adjacent to an activating group) is 2. The van der Waals surface area contributed by atoms with Gasteiger partial charge in [0.1, 0.15) is 0 Å². The van der Waals surface area contributed by atoms with E-state index < -0.39 is 0 Å². The average Bonchev–Trinajstić information content (AvgIpc) is 2.32. The van der Waals surface area contributed by atoms with Crippen molar-refractivity contribution in [1.82, 2.24) is 10.3 Å². The lowest BCUT2D eigenvalue weighted by atomic mass is 10.2. The molecule has 0 amide bonds. The highest BCUT2D eigenvalue weighted by atomic mass is 15.1. The van der Waals surface area contributed by atoms with E-state index in [-0.39, 0.29) is 0 Å². The van der Waals surface area contributed by atoms with Gasteiger partial charge < -0.3 is 10.2 Å². The third-order valence-corrected chi connectivity index (χ3v) is 2.69. The van der Waals surface area contributed by atoms with Gasteiger partial charge in [0.15, 0.2) is 0 Å². The lowest BCUT2D eigenvalue weighted by molar-refractivity contribution is 0.735. The van der Waals surface area contributed by atoms with Crippen molar-refractivity contribution in [2.75, 3.05) is 31.6 Å². The van der Waals surface area contributed by atoms with Crippen LogP contribution in [0.3, 0.4) is 0 Å². The SMILES string of the molecule is CCCc1ccc(N(CC)CCNC)cn1. The summed E-state index contributed by atoms with van der Waals surface area (Å²) in [5.41, 5.74) is 2.41. The molecule has 0 atom stereocenters. The van der Waals surface area contributed by atoms with Crippen LogP contribution in [0.1, 0.15) is 26.0 Å². The van der Waals surface area contributed by atoms with Crippen molar-refractivity contribution >= 4 is 5.69 Å². The fraction of sp³-hybridized carbons (Fsp3) is 0.615. The molecule has 0 fully saturated rings. The maximum Gasteiger partial charge on any atom is 0.0553 e. The molecule has 1 rings (SSSR count). The van der Waals surface area contributed by atoms with E-state index >= 15 is 0 Å². The molecule has 0 unspecified atom stereocenters. The first kappa shape index (κ1) is 13.0. The minimum atomic E-state index is 1.00. The molecular formula is C13H23N3. The monoisotopic (exact) mass is 221 g/mol. The van der Waals surface area contributed by atoms with Crippen molar-refractivity contribution in [2.45, 2.75) is 26.7 Å². The predicted molar refractivity (Wildman–Crippen MR) is 70.0 cm³/mol. The number of nitrogens with one attached hydrogen (secondary N) is 1. The van der Waals surface area contributed by atoms with Crippen molar-refractivity contribution in [1.29, 1.82) is 0 Å². The molecule has 1 aromatic heterocycles. The third kappa shape index (κ3) is 3.81. The second-order valence-electron chi connectivity index (χ2n) is 3.94. The zero-order valence-corrected chi connectivity index (χ0v) is 10.7. The molecule has 0 aliphatic heterocycles. The van der Waals surface area contributed by atoms with Crippen LogP contribution in [0.5, 0.6) is 0 Å². The number of rotatable bonds is 7. The second-order valence-corrected chi connectivity index (χ2v) is 3.94. The quantitative estimate of drug-likeness (QED) is 0.764. The summed E-state index contributed by atoms with van der Waals surface area (Å²) in [6.07, 6.45) is 4.22. The van der Waals surface area contributed by atoms with Crippen LogP contribution in [0.4, 0.5) is 5.69 Å². The first-order valence-electron chi connectivity index (χ1n) is 6.16. The number of hydrogen-bond donors (Lipinski definition) is 1. The van der Waals surface area contributed by atoms with Crippen molar-refractivity contribution in [3.8, 4) is 0 Å². The average molecular weight is 221 g/mol. The molecule has 3 heteroatoms. The Kier molecular flexibility index (Phi) is 5.86. The summed E-state index contributed by atoms with van der Waals surface area (Å²) < 4.78 is 0. The second kappa shape index (κ2) is 7.23. The Labute approximate surface area is 98.9 Å². The van der Waals surface area contributed by atoms with E-state index in [1.54, 1.807) is 0 Å². The van der Waals surface area contributed by atoms with Crippen molar-refractivity contribution in [3.05, 3.63) is 24.0 Å². The largest absolute Gasteiger partial charge is 0.369 e. The molecule has 3 nitrogen and oxygen atoms in total. The van der Waals surface area contributed by atoms with E-state index in [1.165, 1.54) is 11.4 Å². The summed E-state index contributed by atoms with van der Waals surface area (Å²) in [6, 6.07) is 4.32. The predicted octanol–water partition coefficient (Wildman–Crippen LogP) is 2.08. The van der Waals surface area contributed by atoms with Crippen LogP contribution in [0.25, 0.3) is 0 Å². The van der Waals surface area contributed by atoms with Gasteiger partial charge in [-0.1, -0.05) is 13.3 Å². The van der Waals surface area contributed by atoms with Gasteiger partial charge in [-0.15, -0.1) is 0 Å². The highest BCUT2D eigenvalue weighted by Crippen LogP contribution is 2.13. The fourth-order valence-corrected chi connectivity index (χ4v) is 1.72. The minimum absolute atomic E-state index is 1.00. The molecular weight excluding hydrogens is 198 g/mol. The van der Waals surface area contributed by atoms with Gasteiger partial charge in [-0.3, -0.25) is 4.98 Å². The van der Waals surface area contributed by atoms with E-state index in [9.17, 15) is 0 Å². The van der Waals surface area contributed by atoms with E-state index in [4.69, 9.17) is 0 Å². The summed E-state index contributed by atoms with van der Waals surface area (Å²) in [4.78, 5) is 6.82. The van der Waals surface area contributed by atoms with E-state index in [1.807, 2.05) is 13.2 Å². The Balaban J connectivity index is 2.62. The van der Waals surface area contributed by atoms with Crippen LogP contribution in [-0.4, -0.2) is 31.7 Å². The highest BCUT2D eigenvalue weighted by molar-refractivity contribution is 5.44. The summed E-state index contributed by atoms with van der Waals surface area (Å²) in [7, 11) is 1.98. The Bertz CT molecular complexity index is 282. The van der Waals surface area contributed by atoms with Gasteiger partial charge in [0.2, 0.25) is 0 Å². The molecule has 0 aliphatic carbocycles. The molecule has 0 aromatic carbocycles. The lowest BCUT2D eigenvalue weighted by Crippen LogP contribution is -2.30. The molecule has 0 bridgehead atoms. The van der Waals surface area contributed by atoms with Crippen molar-refractivity contribution in [3.63, 3.8) is 0 Å². The molecule has 1 N–H and O–H groups in total. The molecule has 1 heterocycles. The summed E-state index contributed by atoms with van der Waals surface area (Å²) in [6.45, 7) is 7.42. The number of pyridine rings is 1. The normalized spacial score (nSPS) is 10.4. The molecule has 16 heavy (non-hydrogen) atoms. The van der Waals surface area contributed by atoms with E-state index in [2.05, 4.69) is 41.2 Å². The van der Waals surface area contributed by atoms with Crippen LogP contribution in [0.2, 0.25) is 0 Å². The summed E-state index contributed by atoms with van der Waals surface area (Å²) in [5.74, 6) is 0. The molecule has 0 spiro atoms. The minimum Gasteiger partial charge on any atom is -0.369 e. The van der Waals surface area contributed by atoms with Crippen molar-refractivity contribution < 1.29 is 0 Å². The number of anilines is 1. The summed E-state index contributed by atoms with van der Waals surface area (Å²) in [5, 5.41) is 3.17. The highest BCUT2D eigenvalue weighted by Gasteiger charge is 2.03. The molecule has 0 saturated heterocycles. The number of aryl methyl sites for hydroxylation is 1. The standard InChI is InChI=1S/C13H23N3/c1-4-6-12-7-8-13(11-15-12)16(5-2)10-9-14-3/h7-8,11,14H,4-6,9-10H2,1-3H3. The Morgan fingerprint density at radius 3 is 2.62 bits per heavy atom. The van der Waals surface area contributed by atoms with Crippen molar-refractivity contribution in [2.24, 2.45) is 0 Å².